The molecule has 2 aromatic rings. The first kappa shape index (κ1) is 12.5. The van der Waals surface area contributed by atoms with Gasteiger partial charge in [0.1, 0.15) is 30.4 Å². The fourth-order valence-corrected chi connectivity index (χ4v) is 2.19. The number of hydrogen-bond donors (Lipinski definition) is 1. The van der Waals surface area contributed by atoms with Gasteiger partial charge in [-0.2, -0.15) is 0 Å². The van der Waals surface area contributed by atoms with Crippen LogP contribution in [0.2, 0.25) is 0 Å². The molecule has 0 saturated heterocycles. The van der Waals surface area contributed by atoms with Crippen molar-refractivity contribution in [1.82, 2.24) is 0 Å². The minimum absolute atomic E-state index is 0.299. The molecule has 2 aromatic carbocycles. The number of hydrogen-bond acceptors (Lipinski definition) is 4. The van der Waals surface area contributed by atoms with Gasteiger partial charge in [0.2, 0.25) is 0 Å². The zero-order chi connectivity index (χ0) is 13.9. The summed E-state index contributed by atoms with van der Waals surface area (Å²) in [7, 11) is 0. The first-order valence-corrected chi connectivity index (χ1v) is 6.43. The molecule has 0 amide bonds. The number of nitrogens with zero attached hydrogens (tertiary/aromatic N) is 1. The Bertz CT molecular complexity index is 665. The van der Waals surface area contributed by atoms with E-state index in [9.17, 15) is 0 Å². The van der Waals surface area contributed by atoms with Crippen molar-refractivity contribution in [1.29, 1.82) is 0 Å². The van der Waals surface area contributed by atoms with Crippen molar-refractivity contribution < 1.29 is 14.7 Å². The van der Waals surface area contributed by atoms with E-state index in [1.807, 2.05) is 30.3 Å². The summed E-state index contributed by atoms with van der Waals surface area (Å²) in [6.45, 7) is 2.88. The van der Waals surface area contributed by atoms with Crippen LogP contribution in [0.15, 0.2) is 47.6 Å². The zero-order valence-corrected chi connectivity index (χ0v) is 11.2. The Morgan fingerprint density at radius 2 is 2.10 bits per heavy atom. The van der Waals surface area contributed by atoms with Gasteiger partial charge in [0, 0.05) is 11.6 Å². The number of fused-ring (bicyclic) bond motifs is 1. The Morgan fingerprint density at radius 1 is 1.25 bits per heavy atom. The van der Waals surface area contributed by atoms with E-state index in [2.05, 4.69) is 24.2 Å². The molecule has 3 rings (SSSR count). The molecule has 1 heterocycles. The van der Waals surface area contributed by atoms with Gasteiger partial charge in [0.15, 0.2) is 0 Å². The fraction of sp³-hybridized carbons (Fsp3) is 0.188. The molecule has 0 radical (unpaired) electrons. The second kappa shape index (κ2) is 5.25. The molecule has 0 aliphatic carbocycles. The summed E-state index contributed by atoms with van der Waals surface area (Å²) in [6, 6.07) is 13.7. The monoisotopic (exact) mass is 269 g/mol. The molecule has 0 aromatic heterocycles. The summed E-state index contributed by atoms with van der Waals surface area (Å²) in [5, 5.41) is 12.1. The van der Waals surface area contributed by atoms with Crippen molar-refractivity contribution in [3.05, 3.63) is 59.2 Å². The van der Waals surface area contributed by atoms with Crippen molar-refractivity contribution in [3.63, 3.8) is 0 Å². The lowest BCUT2D eigenvalue weighted by Crippen LogP contribution is -2.01. The Balaban J connectivity index is 1.75. The number of ether oxygens (including phenoxy) is 2. The maximum atomic E-state index is 8.84. The predicted molar refractivity (Wildman–Crippen MR) is 75.8 cm³/mol. The van der Waals surface area contributed by atoms with E-state index in [1.165, 1.54) is 5.56 Å². The van der Waals surface area contributed by atoms with Crippen molar-refractivity contribution in [2.45, 2.75) is 13.5 Å². The van der Waals surface area contributed by atoms with Crippen molar-refractivity contribution in [2.24, 2.45) is 5.16 Å². The van der Waals surface area contributed by atoms with Gasteiger partial charge in [-0.15, -0.1) is 0 Å². The van der Waals surface area contributed by atoms with Crippen molar-refractivity contribution >= 4 is 5.71 Å². The quantitative estimate of drug-likeness (QED) is 0.688. The van der Waals surface area contributed by atoms with Crippen LogP contribution < -0.4 is 9.47 Å². The molecule has 0 atom stereocenters. The largest absolute Gasteiger partial charge is 0.489 e. The van der Waals surface area contributed by atoms with Crippen LogP contribution in [0.25, 0.3) is 0 Å². The molecular weight excluding hydrogens is 254 g/mol. The average molecular weight is 269 g/mol. The van der Waals surface area contributed by atoms with E-state index in [4.69, 9.17) is 14.7 Å². The van der Waals surface area contributed by atoms with Crippen LogP contribution in [0, 0.1) is 6.92 Å². The highest BCUT2D eigenvalue weighted by Gasteiger charge is 2.20. The summed E-state index contributed by atoms with van der Waals surface area (Å²) in [6.07, 6.45) is 0. The Labute approximate surface area is 117 Å². The standard InChI is InChI=1S/C16H15NO3/c1-11-4-2-3-5-12(11)9-19-13-6-7-14-15(17-18)10-20-16(14)8-13/h2-8,18H,9-10H2,1H3. The normalized spacial score (nSPS) is 14.9. The van der Waals surface area contributed by atoms with Gasteiger partial charge in [0.25, 0.3) is 0 Å². The number of rotatable bonds is 3. The minimum atomic E-state index is 0.299. The van der Waals surface area contributed by atoms with Crippen LogP contribution in [-0.2, 0) is 6.61 Å². The first-order valence-electron chi connectivity index (χ1n) is 6.43. The summed E-state index contributed by atoms with van der Waals surface area (Å²) >= 11 is 0. The van der Waals surface area contributed by atoms with Gasteiger partial charge in [-0.3, -0.25) is 0 Å². The van der Waals surface area contributed by atoms with Crippen LogP contribution in [0.5, 0.6) is 11.5 Å². The minimum Gasteiger partial charge on any atom is -0.489 e. The lowest BCUT2D eigenvalue weighted by atomic mass is 10.1. The summed E-state index contributed by atoms with van der Waals surface area (Å²) in [4.78, 5) is 0. The number of benzene rings is 2. The lowest BCUT2D eigenvalue weighted by Gasteiger charge is -2.09. The smallest absolute Gasteiger partial charge is 0.134 e. The van der Waals surface area contributed by atoms with Crippen LogP contribution in [0.1, 0.15) is 16.7 Å². The molecule has 1 aliphatic rings. The van der Waals surface area contributed by atoms with E-state index in [1.54, 1.807) is 0 Å². The second-order valence-corrected chi connectivity index (χ2v) is 4.71. The molecular formula is C16H15NO3. The van der Waals surface area contributed by atoms with Crippen LogP contribution >= 0.6 is 0 Å². The van der Waals surface area contributed by atoms with Gasteiger partial charge in [-0.1, -0.05) is 29.4 Å². The van der Waals surface area contributed by atoms with E-state index in [-0.39, 0.29) is 0 Å². The fourth-order valence-electron chi connectivity index (χ4n) is 2.19. The van der Waals surface area contributed by atoms with Gasteiger partial charge in [-0.25, -0.2) is 0 Å². The zero-order valence-electron chi connectivity index (χ0n) is 11.2. The van der Waals surface area contributed by atoms with E-state index in [0.29, 0.717) is 24.7 Å². The SMILES string of the molecule is Cc1ccccc1COc1ccc2c(c1)OCC2=NO. The Hall–Kier alpha value is -2.49. The summed E-state index contributed by atoms with van der Waals surface area (Å²) in [5.74, 6) is 1.44. The molecule has 1 N–H and O–H groups in total. The molecule has 20 heavy (non-hydrogen) atoms. The maximum Gasteiger partial charge on any atom is 0.134 e. The summed E-state index contributed by atoms with van der Waals surface area (Å²) in [5.41, 5.74) is 3.73. The molecule has 4 nitrogen and oxygen atoms in total. The van der Waals surface area contributed by atoms with Gasteiger partial charge >= 0.3 is 0 Å². The Kier molecular flexibility index (Phi) is 3.29. The molecule has 4 heteroatoms. The third-order valence-electron chi connectivity index (χ3n) is 3.40. The van der Waals surface area contributed by atoms with E-state index >= 15 is 0 Å². The van der Waals surface area contributed by atoms with Crippen molar-refractivity contribution in [3.8, 4) is 11.5 Å². The molecule has 1 aliphatic heterocycles. The van der Waals surface area contributed by atoms with Crippen LogP contribution in [-0.4, -0.2) is 17.5 Å². The second-order valence-electron chi connectivity index (χ2n) is 4.71. The first-order chi connectivity index (χ1) is 9.78. The van der Waals surface area contributed by atoms with E-state index in [0.717, 1.165) is 16.9 Å². The predicted octanol–water partition coefficient (Wildman–Crippen LogP) is 3.14. The third kappa shape index (κ3) is 2.32. The molecule has 102 valence electrons. The van der Waals surface area contributed by atoms with Gasteiger partial charge in [0.05, 0.1) is 0 Å². The highest BCUT2D eigenvalue weighted by molar-refractivity contribution is 6.06. The average Bonchev–Trinajstić information content (AvgIpc) is 2.88. The van der Waals surface area contributed by atoms with Crippen molar-refractivity contribution in [2.75, 3.05) is 6.61 Å². The van der Waals surface area contributed by atoms with Gasteiger partial charge < -0.3 is 14.7 Å². The topological polar surface area (TPSA) is 51.0 Å². The van der Waals surface area contributed by atoms with Gasteiger partial charge in [-0.05, 0) is 30.2 Å². The lowest BCUT2D eigenvalue weighted by molar-refractivity contribution is 0.302. The summed E-state index contributed by atoms with van der Waals surface area (Å²) < 4.78 is 11.2. The molecule has 0 spiro atoms. The molecule has 0 saturated carbocycles. The van der Waals surface area contributed by atoms with E-state index < -0.39 is 0 Å². The van der Waals surface area contributed by atoms with Crippen LogP contribution in [0.3, 0.4) is 0 Å². The molecule has 0 unspecified atom stereocenters. The third-order valence-corrected chi connectivity index (χ3v) is 3.40. The molecule has 0 bridgehead atoms. The molecule has 0 fully saturated rings. The maximum absolute atomic E-state index is 8.84. The highest BCUT2D eigenvalue weighted by atomic mass is 16.5. The van der Waals surface area contributed by atoms with Crippen LogP contribution in [0.4, 0.5) is 0 Å². The number of oxime groups is 1. The Morgan fingerprint density at radius 3 is 2.90 bits per heavy atom. The number of aryl methyl sites for hydroxylation is 1. The highest BCUT2D eigenvalue weighted by Crippen LogP contribution is 2.30.